The molecular weight excluding hydrogens is 246 g/mol. The zero-order chi connectivity index (χ0) is 13.1. The monoisotopic (exact) mass is 261 g/mol. The molecule has 17 heavy (non-hydrogen) atoms. The molecule has 1 heterocycles. The van der Waals surface area contributed by atoms with Gasteiger partial charge in [-0.3, -0.25) is 4.79 Å². The Hall–Kier alpha value is -1.41. The van der Waals surface area contributed by atoms with Gasteiger partial charge in [-0.2, -0.15) is 4.31 Å². The van der Waals surface area contributed by atoms with Gasteiger partial charge in [0.25, 0.3) is 10.0 Å². The summed E-state index contributed by atoms with van der Waals surface area (Å²) in [5.41, 5.74) is 0. The van der Waals surface area contributed by atoms with E-state index in [-0.39, 0.29) is 24.5 Å². The predicted molar refractivity (Wildman–Crippen MR) is 60.0 cm³/mol. The fourth-order valence-electron chi connectivity index (χ4n) is 1.34. The largest absolute Gasteiger partial charge is 0.481 e. The van der Waals surface area contributed by atoms with Gasteiger partial charge in [0.1, 0.15) is 5.82 Å². The van der Waals surface area contributed by atoms with Crippen molar-refractivity contribution in [1.29, 1.82) is 0 Å². The van der Waals surface area contributed by atoms with E-state index in [1.807, 2.05) is 0 Å². The molecule has 2 N–H and O–H groups in total. The van der Waals surface area contributed by atoms with Crippen molar-refractivity contribution in [3.05, 3.63) is 12.0 Å². The van der Waals surface area contributed by atoms with Crippen molar-refractivity contribution in [2.75, 3.05) is 13.1 Å². The molecule has 0 saturated carbocycles. The Kier molecular flexibility index (Phi) is 4.24. The number of nitrogens with zero attached hydrogens (tertiary/aromatic N) is 2. The van der Waals surface area contributed by atoms with Crippen molar-refractivity contribution in [3.8, 4) is 0 Å². The Balaban J connectivity index is 2.90. The first-order valence-electron chi connectivity index (χ1n) is 5.11. The minimum absolute atomic E-state index is 0.0118. The predicted octanol–water partition coefficient (Wildman–Crippen LogP) is 0.203. The molecule has 0 amide bonds. The number of aromatic amines is 1. The van der Waals surface area contributed by atoms with Crippen LogP contribution >= 0.6 is 0 Å². The van der Waals surface area contributed by atoms with E-state index in [1.165, 1.54) is 6.20 Å². The lowest BCUT2D eigenvalue weighted by Gasteiger charge is -2.18. The maximum atomic E-state index is 12.1. The molecule has 96 valence electrons. The number of imidazole rings is 1. The minimum atomic E-state index is -3.67. The van der Waals surface area contributed by atoms with Gasteiger partial charge in [-0.25, -0.2) is 13.4 Å². The lowest BCUT2D eigenvalue weighted by atomic mass is 10.4. The highest BCUT2D eigenvalue weighted by Gasteiger charge is 2.25. The minimum Gasteiger partial charge on any atom is -0.481 e. The van der Waals surface area contributed by atoms with Crippen molar-refractivity contribution in [1.82, 2.24) is 14.3 Å². The average Bonchev–Trinajstić information content (AvgIpc) is 2.65. The number of hydrogen-bond donors (Lipinski definition) is 2. The first kappa shape index (κ1) is 13.7. The van der Waals surface area contributed by atoms with E-state index >= 15 is 0 Å². The number of aromatic nitrogens is 2. The number of aliphatic carboxylic acids is 1. The number of sulfonamides is 1. The first-order chi connectivity index (χ1) is 7.87. The third-order valence-corrected chi connectivity index (χ3v) is 4.11. The summed E-state index contributed by atoms with van der Waals surface area (Å²) in [7, 11) is -3.67. The topological polar surface area (TPSA) is 103 Å². The van der Waals surface area contributed by atoms with Crippen molar-refractivity contribution in [2.45, 2.75) is 25.3 Å². The van der Waals surface area contributed by atoms with E-state index in [2.05, 4.69) is 9.97 Å². The zero-order valence-electron chi connectivity index (χ0n) is 9.67. The number of rotatable bonds is 6. The molecule has 0 radical (unpaired) electrons. The fraction of sp³-hybridized carbons (Fsp3) is 0.556. The number of nitrogens with one attached hydrogen (secondary N) is 1. The quantitative estimate of drug-likeness (QED) is 0.761. The molecule has 0 aliphatic heterocycles. The Morgan fingerprint density at radius 3 is 2.65 bits per heavy atom. The summed E-state index contributed by atoms with van der Waals surface area (Å²) >= 11 is 0. The smallest absolute Gasteiger partial charge is 0.304 e. The number of carboxylic acid groups (broad SMARTS) is 1. The third-order valence-electron chi connectivity index (χ3n) is 2.23. The summed E-state index contributed by atoms with van der Waals surface area (Å²) in [6.45, 7) is 3.47. The second-order valence-electron chi connectivity index (χ2n) is 3.47. The standard InChI is InChI=1S/C9H15N3O4S/c1-3-12(5-4-9(13)14)17(15,16)8-6-10-7(2)11-8/h6H,3-5H2,1-2H3,(H,10,11)(H,13,14). The van der Waals surface area contributed by atoms with Gasteiger partial charge in [-0.05, 0) is 6.92 Å². The Morgan fingerprint density at radius 2 is 2.24 bits per heavy atom. The highest BCUT2D eigenvalue weighted by atomic mass is 32.2. The summed E-state index contributed by atoms with van der Waals surface area (Å²) in [5.74, 6) is -0.530. The van der Waals surface area contributed by atoms with E-state index in [1.54, 1.807) is 13.8 Å². The van der Waals surface area contributed by atoms with Crippen molar-refractivity contribution in [2.24, 2.45) is 0 Å². The van der Waals surface area contributed by atoms with Gasteiger partial charge in [-0.1, -0.05) is 6.92 Å². The molecule has 0 unspecified atom stereocenters. The molecule has 8 heteroatoms. The van der Waals surface area contributed by atoms with Gasteiger partial charge in [0.2, 0.25) is 0 Å². The normalized spacial score (nSPS) is 11.9. The molecule has 1 aromatic rings. The lowest BCUT2D eigenvalue weighted by molar-refractivity contribution is -0.137. The summed E-state index contributed by atoms with van der Waals surface area (Å²) in [4.78, 5) is 16.9. The number of aryl methyl sites for hydroxylation is 1. The molecule has 0 fully saturated rings. The molecule has 0 atom stereocenters. The van der Waals surface area contributed by atoms with Gasteiger partial charge < -0.3 is 10.1 Å². The van der Waals surface area contributed by atoms with Gasteiger partial charge in [0.05, 0.1) is 12.6 Å². The molecule has 1 rings (SSSR count). The summed E-state index contributed by atoms with van der Waals surface area (Å²) < 4.78 is 25.2. The Morgan fingerprint density at radius 1 is 1.59 bits per heavy atom. The van der Waals surface area contributed by atoms with Gasteiger partial charge in [-0.15, -0.1) is 0 Å². The van der Waals surface area contributed by atoms with Crippen LogP contribution in [0.5, 0.6) is 0 Å². The van der Waals surface area contributed by atoms with Crippen molar-refractivity contribution < 1.29 is 18.3 Å². The molecule has 1 aromatic heterocycles. The Labute approximate surface area is 99.5 Å². The second-order valence-corrected chi connectivity index (χ2v) is 5.38. The third kappa shape index (κ3) is 3.27. The van der Waals surface area contributed by atoms with E-state index < -0.39 is 16.0 Å². The molecule has 0 aromatic carbocycles. The highest BCUT2D eigenvalue weighted by molar-refractivity contribution is 7.89. The summed E-state index contributed by atoms with van der Waals surface area (Å²) in [5, 5.41) is 8.54. The highest BCUT2D eigenvalue weighted by Crippen LogP contribution is 2.13. The van der Waals surface area contributed by atoms with E-state index in [4.69, 9.17) is 5.11 Å². The van der Waals surface area contributed by atoms with Crippen LogP contribution in [0.15, 0.2) is 11.2 Å². The zero-order valence-corrected chi connectivity index (χ0v) is 10.5. The van der Waals surface area contributed by atoms with Gasteiger partial charge in [0.15, 0.2) is 5.03 Å². The van der Waals surface area contributed by atoms with Crippen LogP contribution in [0.4, 0.5) is 0 Å². The number of H-pyrrole nitrogens is 1. The molecule has 0 spiro atoms. The van der Waals surface area contributed by atoms with Crippen molar-refractivity contribution in [3.63, 3.8) is 0 Å². The van der Waals surface area contributed by atoms with E-state index in [0.717, 1.165) is 4.31 Å². The van der Waals surface area contributed by atoms with Crippen LogP contribution in [0.25, 0.3) is 0 Å². The molecule has 7 nitrogen and oxygen atoms in total. The van der Waals surface area contributed by atoms with Crippen LogP contribution in [0.2, 0.25) is 0 Å². The van der Waals surface area contributed by atoms with Crippen LogP contribution < -0.4 is 0 Å². The molecule has 0 bridgehead atoms. The van der Waals surface area contributed by atoms with Crippen LogP contribution in [0, 0.1) is 6.92 Å². The molecule has 0 aliphatic rings. The van der Waals surface area contributed by atoms with Gasteiger partial charge in [0, 0.05) is 13.1 Å². The fourth-order valence-corrected chi connectivity index (χ4v) is 2.75. The summed E-state index contributed by atoms with van der Waals surface area (Å²) in [6.07, 6.45) is 1.01. The second kappa shape index (κ2) is 5.28. The number of carbonyl (C=O) groups is 1. The van der Waals surface area contributed by atoms with E-state index in [0.29, 0.717) is 5.82 Å². The molecular formula is C9H15N3O4S. The average molecular weight is 261 g/mol. The van der Waals surface area contributed by atoms with Crippen LogP contribution in [0.3, 0.4) is 0 Å². The van der Waals surface area contributed by atoms with E-state index in [9.17, 15) is 13.2 Å². The Bertz CT molecular complexity index is 494. The number of carboxylic acids is 1. The lowest BCUT2D eigenvalue weighted by Crippen LogP contribution is -2.33. The number of hydrogen-bond acceptors (Lipinski definition) is 4. The van der Waals surface area contributed by atoms with Crippen LogP contribution in [-0.4, -0.2) is 46.9 Å². The SMILES string of the molecule is CCN(CCC(=O)O)S(=O)(=O)c1cnc(C)[nH]1. The van der Waals surface area contributed by atoms with Gasteiger partial charge >= 0.3 is 5.97 Å². The first-order valence-corrected chi connectivity index (χ1v) is 6.55. The summed E-state index contributed by atoms with van der Waals surface area (Å²) in [6, 6.07) is 0. The van der Waals surface area contributed by atoms with Crippen LogP contribution in [-0.2, 0) is 14.8 Å². The molecule has 0 aliphatic carbocycles. The maximum Gasteiger partial charge on any atom is 0.304 e. The maximum absolute atomic E-state index is 12.1. The molecule has 0 saturated heterocycles. The van der Waals surface area contributed by atoms with Crippen molar-refractivity contribution >= 4 is 16.0 Å². The van der Waals surface area contributed by atoms with Crippen LogP contribution in [0.1, 0.15) is 19.2 Å².